The molecule has 0 spiro atoms. The molecule has 0 amide bonds. The molecule has 0 aromatic carbocycles. The molecular weight excluding hydrogens is 158 g/mol. The fraction of sp³-hybridized carbons (Fsp3) is 0.833. The van der Waals surface area contributed by atoms with Gasteiger partial charge in [-0.15, -0.1) is 0 Å². The van der Waals surface area contributed by atoms with Gasteiger partial charge >= 0.3 is 0 Å². The van der Waals surface area contributed by atoms with Crippen molar-refractivity contribution in [1.82, 2.24) is 5.32 Å². The summed E-state index contributed by atoms with van der Waals surface area (Å²) in [7, 11) is 0. The molecule has 1 aliphatic carbocycles. The Morgan fingerprint density at radius 2 is 2.15 bits per heavy atom. The lowest BCUT2D eigenvalue weighted by Crippen LogP contribution is -2.59. The van der Waals surface area contributed by atoms with Crippen molar-refractivity contribution in [3.05, 3.63) is 12.2 Å². The normalized spacial score (nSPS) is 43.3. The van der Waals surface area contributed by atoms with Crippen LogP contribution in [0.25, 0.3) is 0 Å². The van der Waals surface area contributed by atoms with Gasteiger partial charge < -0.3 is 5.32 Å². The maximum absolute atomic E-state index is 4.19. The molecule has 1 saturated carbocycles. The van der Waals surface area contributed by atoms with Crippen molar-refractivity contribution in [3.8, 4) is 0 Å². The molecule has 1 unspecified atom stereocenters. The summed E-state index contributed by atoms with van der Waals surface area (Å²) in [6.45, 7) is 11.2. The molecule has 1 N–H and O–H groups in total. The molecule has 0 aromatic rings. The van der Waals surface area contributed by atoms with Gasteiger partial charge in [-0.1, -0.05) is 12.2 Å². The molecule has 1 aliphatic heterocycles. The average molecular weight is 179 g/mol. The van der Waals surface area contributed by atoms with Gasteiger partial charge in [-0.2, -0.15) is 0 Å². The topological polar surface area (TPSA) is 12.0 Å². The maximum atomic E-state index is 4.19. The van der Waals surface area contributed by atoms with Crippen LogP contribution in [-0.4, -0.2) is 11.6 Å². The smallest absolute Gasteiger partial charge is 0.0156 e. The Bertz CT molecular complexity index is 229. The van der Waals surface area contributed by atoms with Crippen LogP contribution in [0.4, 0.5) is 0 Å². The van der Waals surface area contributed by atoms with E-state index in [1.807, 2.05) is 0 Å². The molecule has 0 radical (unpaired) electrons. The van der Waals surface area contributed by atoms with E-state index in [1.165, 1.54) is 24.8 Å². The summed E-state index contributed by atoms with van der Waals surface area (Å²) in [5, 5.41) is 3.73. The zero-order valence-electron chi connectivity index (χ0n) is 9.06. The summed E-state index contributed by atoms with van der Waals surface area (Å²) in [4.78, 5) is 0. The van der Waals surface area contributed by atoms with Crippen molar-refractivity contribution < 1.29 is 0 Å². The summed E-state index contributed by atoms with van der Waals surface area (Å²) in [5.74, 6) is 1.60. The molecule has 3 atom stereocenters. The molecule has 2 fully saturated rings. The first-order valence-electron chi connectivity index (χ1n) is 5.46. The molecule has 2 rings (SSSR count). The van der Waals surface area contributed by atoms with E-state index in [-0.39, 0.29) is 0 Å². The van der Waals surface area contributed by atoms with Gasteiger partial charge in [0.25, 0.3) is 0 Å². The van der Waals surface area contributed by atoms with E-state index in [4.69, 9.17) is 0 Å². The number of nitrogens with one attached hydrogen (secondary N) is 1. The fourth-order valence-electron chi connectivity index (χ4n) is 3.15. The van der Waals surface area contributed by atoms with Crippen LogP contribution in [0, 0.1) is 11.8 Å². The van der Waals surface area contributed by atoms with Gasteiger partial charge in [0.1, 0.15) is 0 Å². The Balaban J connectivity index is 2.21. The SMILES string of the molecule is C=C1CCC2C[C@H]1[C@@H](C)NC2(C)C. The Kier molecular flexibility index (Phi) is 2.03. The quantitative estimate of drug-likeness (QED) is 0.564. The highest BCUT2D eigenvalue weighted by molar-refractivity contribution is 5.14. The molecule has 13 heavy (non-hydrogen) atoms. The number of rotatable bonds is 0. The second-order valence-electron chi connectivity index (χ2n) is 5.39. The van der Waals surface area contributed by atoms with Crippen LogP contribution < -0.4 is 5.32 Å². The molecule has 74 valence electrons. The third kappa shape index (κ3) is 1.43. The predicted molar refractivity (Wildman–Crippen MR) is 56.6 cm³/mol. The van der Waals surface area contributed by atoms with Crippen LogP contribution in [0.1, 0.15) is 40.0 Å². The molecule has 1 heterocycles. The summed E-state index contributed by atoms with van der Waals surface area (Å²) in [6, 6.07) is 0.624. The first-order valence-corrected chi connectivity index (χ1v) is 5.46. The van der Waals surface area contributed by atoms with E-state index < -0.39 is 0 Å². The third-order valence-electron chi connectivity index (χ3n) is 4.10. The average Bonchev–Trinajstić information content (AvgIpc) is 2.02. The van der Waals surface area contributed by atoms with Crippen molar-refractivity contribution in [3.63, 3.8) is 0 Å². The molecule has 1 heteroatoms. The Morgan fingerprint density at radius 3 is 2.85 bits per heavy atom. The highest BCUT2D eigenvalue weighted by Gasteiger charge is 2.42. The van der Waals surface area contributed by atoms with Crippen LogP contribution in [-0.2, 0) is 0 Å². The zero-order chi connectivity index (χ0) is 9.64. The monoisotopic (exact) mass is 179 g/mol. The van der Waals surface area contributed by atoms with Gasteiger partial charge in [0.15, 0.2) is 0 Å². The van der Waals surface area contributed by atoms with E-state index >= 15 is 0 Å². The molecular formula is C12H21N. The molecule has 1 saturated heterocycles. The Labute approximate surface area is 81.6 Å². The first-order chi connectivity index (χ1) is 6.00. The van der Waals surface area contributed by atoms with Gasteiger partial charge in [0.05, 0.1) is 0 Å². The Morgan fingerprint density at radius 1 is 1.46 bits per heavy atom. The fourth-order valence-corrected chi connectivity index (χ4v) is 3.15. The van der Waals surface area contributed by atoms with Crippen molar-refractivity contribution >= 4 is 0 Å². The van der Waals surface area contributed by atoms with E-state index in [2.05, 4.69) is 32.7 Å². The third-order valence-corrected chi connectivity index (χ3v) is 4.10. The van der Waals surface area contributed by atoms with Gasteiger partial charge in [-0.3, -0.25) is 0 Å². The minimum Gasteiger partial charge on any atom is -0.308 e. The van der Waals surface area contributed by atoms with E-state index in [9.17, 15) is 0 Å². The van der Waals surface area contributed by atoms with Gasteiger partial charge in [-0.25, -0.2) is 0 Å². The maximum Gasteiger partial charge on any atom is 0.0156 e. The van der Waals surface area contributed by atoms with Crippen LogP contribution in [0.15, 0.2) is 12.2 Å². The summed E-state index contributed by atoms with van der Waals surface area (Å²) < 4.78 is 0. The molecule has 0 aromatic heterocycles. The van der Waals surface area contributed by atoms with Crippen molar-refractivity contribution in [1.29, 1.82) is 0 Å². The minimum absolute atomic E-state index is 0.344. The zero-order valence-corrected chi connectivity index (χ0v) is 9.06. The van der Waals surface area contributed by atoms with Gasteiger partial charge in [0, 0.05) is 11.6 Å². The highest BCUT2D eigenvalue weighted by atomic mass is 15.0. The second-order valence-corrected chi connectivity index (χ2v) is 5.39. The van der Waals surface area contributed by atoms with Crippen LogP contribution in [0.2, 0.25) is 0 Å². The van der Waals surface area contributed by atoms with Crippen LogP contribution in [0.3, 0.4) is 0 Å². The summed E-state index contributed by atoms with van der Waals surface area (Å²) >= 11 is 0. The lowest BCUT2D eigenvalue weighted by atomic mass is 9.65. The second kappa shape index (κ2) is 2.84. The first kappa shape index (κ1) is 9.26. The van der Waals surface area contributed by atoms with Crippen molar-refractivity contribution in [2.45, 2.75) is 51.6 Å². The highest BCUT2D eigenvalue weighted by Crippen LogP contribution is 2.43. The Hall–Kier alpha value is -0.300. The number of hydrogen-bond donors (Lipinski definition) is 1. The lowest BCUT2D eigenvalue weighted by molar-refractivity contribution is 0.0964. The molecule has 2 bridgehead atoms. The minimum atomic E-state index is 0.344. The number of hydrogen-bond acceptors (Lipinski definition) is 1. The largest absolute Gasteiger partial charge is 0.308 e. The van der Waals surface area contributed by atoms with Crippen molar-refractivity contribution in [2.75, 3.05) is 0 Å². The predicted octanol–water partition coefficient (Wildman–Crippen LogP) is 2.73. The van der Waals surface area contributed by atoms with Gasteiger partial charge in [0.2, 0.25) is 0 Å². The number of piperidine rings is 1. The summed E-state index contributed by atoms with van der Waals surface area (Å²) in [5.41, 5.74) is 1.82. The van der Waals surface area contributed by atoms with E-state index in [0.717, 1.165) is 11.8 Å². The molecule has 1 nitrogen and oxygen atoms in total. The van der Waals surface area contributed by atoms with Crippen LogP contribution in [0.5, 0.6) is 0 Å². The van der Waals surface area contributed by atoms with Crippen molar-refractivity contribution in [2.24, 2.45) is 11.8 Å². The van der Waals surface area contributed by atoms with Gasteiger partial charge in [-0.05, 0) is 51.9 Å². The summed E-state index contributed by atoms with van der Waals surface area (Å²) in [6.07, 6.45) is 3.95. The lowest BCUT2D eigenvalue weighted by Gasteiger charge is -2.50. The molecule has 2 aliphatic rings. The standard InChI is InChI=1S/C12H21N/c1-8-5-6-10-7-11(8)9(2)13-12(10,3)4/h9-11,13H,1,5-7H2,2-4H3/t9-,10?,11-/m1/s1. The number of fused-ring (bicyclic) bond motifs is 2. The van der Waals surface area contributed by atoms with E-state index in [1.54, 1.807) is 0 Å². The van der Waals surface area contributed by atoms with Crippen LogP contribution >= 0.6 is 0 Å². The van der Waals surface area contributed by atoms with E-state index in [0.29, 0.717) is 11.6 Å².